The SMILES string of the molecule is CCC(C)N(C(=O)C(NC(=O)OC(C)(C)C)C(C)C)C(C(=O)Nc1ccc2ccccc2c1)c1cccc(C)c1O. The standard InChI is InChI=1S/C33H43N3O5/c1-9-22(5)36(31(39)27(20(2)3)35-32(40)41-33(6,7)8)28(26-16-12-13-21(4)29(26)37)30(38)34-25-18-17-23-14-10-11-15-24(23)19-25/h10-20,22,27-28,37H,9H2,1-8H3,(H,34,38)(H,35,40). The third-order valence-corrected chi connectivity index (χ3v) is 7.03. The van der Waals surface area contributed by atoms with Crippen molar-refractivity contribution >= 4 is 34.4 Å². The van der Waals surface area contributed by atoms with Crippen molar-refractivity contribution in [2.75, 3.05) is 5.32 Å². The lowest BCUT2D eigenvalue weighted by atomic mass is 9.95. The van der Waals surface area contributed by atoms with Gasteiger partial charge in [-0.05, 0) is 75.4 Å². The smallest absolute Gasteiger partial charge is 0.408 e. The Morgan fingerprint density at radius 3 is 2.22 bits per heavy atom. The van der Waals surface area contributed by atoms with Gasteiger partial charge in [-0.3, -0.25) is 9.59 Å². The molecule has 3 atom stereocenters. The van der Waals surface area contributed by atoms with Crippen molar-refractivity contribution in [3.05, 3.63) is 71.8 Å². The quantitative estimate of drug-likeness (QED) is 0.269. The highest BCUT2D eigenvalue weighted by molar-refractivity contribution is 6.01. The molecule has 3 aromatic rings. The van der Waals surface area contributed by atoms with Crippen LogP contribution in [0.2, 0.25) is 0 Å². The van der Waals surface area contributed by atoms with Crippen molar-refractivity contribution in [3.63, 3.8) is 0 Å². The van der Waals surface area contributed by atoms with E-state index in [0.717, 1.165) is 10.8 Å². The van der Waals surface area contributed by atoms with E-state index in [0.29, 0.717) is 23.2 Å². The lowest BCUT2D eigenvalue weighted by Gasteiger charge is -2.39. The number of para-hydroxylation sites is 1. The number of nitrogens with zero attached hydrogens (tertiary/aromatic N) is 1. The number of carbonyl (C=O) groups excluding carboxylic acids is 3. The molecule has 3 unspecified atom stereocenters. The fourth-order valence-corrected chi connectivity index (χ4v) is 4.70. The first kappa shape index (κ1) is 31.5. The first-order valence-electron chi connectivity index (χ1n) is 14.1. The van der Waals surface area contributed by atoms with Gasteiger partial charge in [0.2, 0.25) is 5.91 Å². The highest BCUT2D eigenvalue weighted by atomic mass is 16.6. The number of phenolic OH excluding ortho intramolecular Hbond substituents is 1. The molecular weight excluding hydrogens is 518 g/mol. The van der Waals surface area contributed by atoms with E-state index >= 15 is 0 Å². The van der Waals surface area contributed by atoms with E-state index < -0.39 is 41.6 Å². The number of ether oxygens (including phenoxy) is 1. The number of aryl methyl sites for hydroxylation is 1. The van der Waals surface area contributed by atoms with Crippen LogP contribution in [0, 0.1) is 12.8 Å². The lowest BCUT2D eigenvalue weighted by Crippen LogP contribution is -2.56. The fraction of sp³-hybridized carbons (Fsp3) is 0.424. The van der Waals surface area contributed by atoms with E-state index in [1.54, 1.807) is 45.9 Å². The highest BCUT2D eigenvalue weighted by Gasteiger charge is 2.40. The average molecular weight is 562 g/mol. The number of hydrogen-bond acceptors (Lipinski definition) is 5. The highest BCUT2D eigenvalue weighted by Crippen LogP contribution is 2.35. The van der Waals surface area contributed by atoms with Crippen molar-refractivity contribution in [2.45, 2.75) is 85.5 Å². The molecule has 0 saturated heterocycles. The van der Waals surface area contributed by atoms with E-state index in [9.17, 15) is 19.5 Å². The summed E-state index contributed by atoms with van der Waals surface area (Å²) in [7, 11) is 0. The number of fused-ring (bicyclic) bond motifs is 1. The van der Waals surface area contributed by atoms with E-state index in [2.05, 4.69) is 10.6 Å². The second-order valence-corrected chi connectivity index (χ2v) is 11.8. The van der Waals surface area contributed by atoms with Crippen LogP contribution in [0.15, 0.2) is 60.7 Å². The molecule has 0 spiro atoms. The molecule has 0 radical (unpaired) electrons. The summed E-state index contributed by atoms with van der Waals surface area (Å²) in [6.07, 6.45) is -0.181. The van der Waals surface area contributed by atoms with Crippen LogP contribution in [-0.4, -0.2) is 45.6 Å². The van der Waals surface area contributed by atoms with E-state index in [1.165, 1.54) is 4.90 Å². The molecule has 8 heteroatoms. The van der Waals surface area contributed by atoms with Crippen molar-refractivity contribution in [2.24, 2.45) is 5.92 Å². The van der Waals surface area contributed by atoms with E-state index in [4.69, 9.17) is 4.74 Å². The Kier molecular flexibility index (Phi) is 10.0. The summed E-state index contributed by atoms with van der Waals surface area (Å²) in [4.78, 5) is 42.7. The number of carbonyl (C=O) groups is 3. The number of nitrogens with one attached hydrogen (secondary N) is 2. The molecule has 0 heterocycles. The molecule has 0 fully saturated rings. The van der Waals surface area contributed by atoms with Crippen LogP contribution >= 0.6 is 0 Å². The van der Waals surface area contributed by atoms with Gasteiger partial charge in [-0.25, -0.2) is 4.79 Å². The number of alkyl carbamates (subject to hydrolysis) is 1. The summed E-state index contributed by atoms with van der Waals surface area (Å²) < 4.78 is 5.44. The maximum Gasteiger partial charge on any atom is 0.408 e. The number of amides is 3. The van der Waals surface area contributed by atoms with Crippen molar-refractivity contribution in [1.29, 1.82) is 0 Å². The van der Waals surface area contributed by atoms with Gasteiger partial charge in [0.25, 0.3) is 5.91 Å². The molecule has 0 saturated carbocycles. The molecule has 3 N–H and O–H groups in total. The normalized spacial score (nSPS) is 13.8. The molecule has 0 aliphatic carbocycles. The summed E-state index contributed by atoms with van der Waals surface area (Å²) >= 11 is 0. The number of hydrogen-bond donors (Lipinski definition) is 3. The van der Waals surface area contributed by atoms with Crippen LogP contribution in [-0.2, 0) is 14.3 Å². The van der Waals surface area contributed by atoms with Crippen LogP contribution in [0.5, 0.6) is 5.75 Å². The number of benzene rings is 3. The van der Waals surface area contributed by atoms with E-state index in [-0.39, 0.29) is 11.7 Å². The zero-order valence-corrected chi connectivity index (χ0v) is 25.3. The maximum absolute atomic E-state index is 14.3. The Labute approximate surface area is 243 Å². The average Bonchev–Trinajstić information content (AvgIpc) is 2.90. The minimum atomic E-state index is -1.18. The number of phenols is 1. The minimum absolute atomic E-state index is 0.0616. The number of aromatic hydroxyl groups is 1. The van der Waals surface area contributed by atoms with Gasteiger partial charge in [-0.2, -0.15) is 0 Å². The molecular formula is C33H43N3O5. The predicted molar refractivity (Wildman–Crippen MR) is 163 cm³/mol. The Bertz CT molecular complexity index is 1400. The van der Waals surface area contributed by atoms with Crippen molar-refractivity contribution < 1.29 is 24.2 Å². The third-order valence-electron chi connectivity index (χ3n) is 7.03. The van der Waals surface area contributed by atoms with Gasteiger partial charge >= 0.3 is 6.09 Å². The zero-order valence-electron chi connectivity index (χ0n) is 25.3. The fourth-order valence-electron chi connectivity index (χ4n) is 4.70. The first-order chi connectivity index (χ1) is 19.2. The van der Waals surface area contributed by atoms with Gasteiger partial charge in [-0.1, -0.05) is 69.3 Å². The molecule has 0 aromatic heterocycles. The van der Waals surface area contributed by atoms with Gasteiger partial charge in [0.1, 0.15) is 23.4 Å². The topological polar surface area (TPSA) is 108 Å². The van der Waals surface area contributed by atoms with Crippen LogP contribution in [0.3, 0.4) is 0 Å². The molecule has 41 heavy (non-hydrogen) atoms. The Morgan fingerprint density at radius 1 is 0.951 bits per heavy atom. The zero-order chi connectivity index (χ0) is 30.5. The maximum atomic E-state index is 14.3. The molecule has 3 aromatic carbocycles. The summed E-state index contributed by atoms with van der Waals surface area (Å²) in [5.74, 6) is -1.29. The summed E-state index contributed by atoms with van der Waals surface area (Å²) in [5.41, 5.74) is 0.696. The van der Waals surface area contributed by atoms with Gasteiger partial charge in [-0.15, -0.1) is 0 Å². The predicted octanol–water partition coefficient (Wildman–Crippen LogP) is 6.71. The van der Waals surface area contributed by atoms with Gasteiger partial charge in [0, 0.05) is 17.3 Å². The Balaban J connectivity index is 2.09. The van der Waals surface area contributed by atoms with Crippen molar-refractivity contribution in [3.8, 4) is 5.75 Å². The molecule has 0 aliphatic rings. The summed E-state index contributed by atoms with van der Waals surface area (Å²) in [5, 5.41) is 18.8. The molecule has 0 aliphatic heterocycles. The largest absolute Gasteiger partial charge is 0.507 e. The monoisotopic (exact) mass is 561 g/mol. The number of rotatable bonds is 9. The van der Waals surface area contributed by atoms with Gasteiger partial charge < -0.3 is 25.4 Å². The van der Waals surface area contributed by atoms with Crippen LogP contribution < -0.4 is 10.6 Å². The second-order valence-electron chi connectivity index (χ2n) is 11.8. The molecule has 3 rings (SSSR count). The van der Waals surface area contributed by atoms with Gasteiger partial charge in [0.05, 0.1) is 0 Å². The Hall–Kier alpha value is -4.07. The Morgan fingerprint density at radius 2 is 1.61 bits per heavy atom. The van der Waals surface area contributed by atoms with Crippen molar-refractivity contribution in [1.82, 2.24) is 10.2 Å². The van der Waals surface area contributed by atoms with E-state index in [1.807, 2.05) is 70.2 Å². The van der Waals surface area contributed by atoms with Crippen LogP contribution in [0.1, 0.15) is 72.1 Å². The molecule has 8 nitrogen and oxygen atoms in total. The molecule has 3 amide bonds. The third kappa shape index (κ3) is 7.78. The van der Waals surface area contributed by atoms with Crippen LogP contribution in [0.4, 0.5) is 10.5 Å². The molecule has 220 valence electrons. The van der Waals surface area contributed by atoms with Gasteiger partial charge in [0.15, 0.2) is 0 Å². The number of anilines is 1. The first-order valence-corrected chi connectivity index (χ1v) is 14.1. The molecule has 0 bridgehead atoms. The minimum Gasteiger partial charge on any atom is -0.507 e. The lowest BCUT2D eigenvalue weighted by molar-refractivity contribution is -0.144. The summed E-state index contributed by atoms with van der Waals surface area (Å²) in [6.45, 7) is 14.4. The van der Waals surface area contributed by atoms with Crippen LogP contribution in [0.25, 0.3) is 10.8 Å². The second kappa shape index (κ2) is 13.1. The summed E-state index contributed by atoms with van der Waals surface area (Å²) in [6, 6.07) is 16.0.